The maximum absolute atomic E-state index is 13.3. The lowest BCUT2D eigenvalue weighted by Crippen LogP contribution is -2.19. The molecule has 1 N–H and O–H groups in total. The minimum Gasteiger partial charge on any atom is -0.466 e. The number of ether oxygens (including phenoxy) is 1. The third-order valence-corrected chi connectivity index (χ3v) is 4.20. The van der Waals surface area contributed by atoms with Gasteiger partial charge < -0.3 is 4.74 Å². The minimum atomic E-state index is -0.772. The normalized spacial score (nSPS) is 18.0. The molecule has 1 aliphatic rings. The number of hydrogen-bond acceptors (Lipinski definition) is 6. The topological polar surface area (TPSA) is 80.1 Å². The fraction of sp³-hybridized carbons (Fsp3) is 0.0769. The summed E-state index contributed by atoms with van der Waals surface area (Å²) in [5.74, 6) is -2.73. The summed E-state index contributed by atoms with van der Waals surface area (Å²) in [5, 5.41) is 9.87. The summed E-state index contributed by atoms with van der Waals surface area (Å²) in [6.45, 7) is 0. The van der Waals surface area contributed by atoms with E-state index in [1.807, 2.05) is 0 Å². The smallest absolute Gasteiger partial charge is 0.331 e. The molecular weight excluding hydrogens is 396 g/mol. The number of carbonyl (C=O) groups excluding carboxylic acids is 2. The van der Waals surface area contributed by atoms with E-state index in [9.17, 15) is 18.4 Å². The zero-order valence-corrected chi connectivity index (χ0v) is 13.9. The molecule has 23 heavy (non-hydrogen) atoms. The van der Waals surface area contributed by atoms with Gasteiger partial charge in [-0.1, -0.05) is 0 Å². The number of esters is 1. The third kappa shape index (κ3) is 4.45. The number of thioether (sulfide) groups is 1. The van der Waals surface area contributed by atoms with E-state index in [-0.39, 0.29) is 20.1 Å². The first-order valence-electron chi connectivity index (χ1n) is 5.95. The Kier molecular flexibility index (Phi) is 5.61. The lowest BCUT2D eigenvalue weighted by atomic mass is 10.2. The van der Waals surface area contributed by atoms with Gasteiger partial charge in [0.25, 0.3) is 5.91 Å². The third-order valence-electron chi connectivity index (χ3n) is 2.47. The Morgan fingerprint density at radius 1 is 1.43 bits per heavy atom. The fourth-order valence-corrected chi connectivity index (χ4v) is 2.52. The first-order chi connectivity index (χ1) is 10.9. The second-order valence-electron chi connectivity index (χ2n) is 4.03. The van der Waals surface area contributed by atoms with Gasteiger partial charge in [-0.2, -0.15) is 5.10 Å². The largest absolute Gasteiger partial charge is 0.466 e. The number of nitrogens with one attached hydrogen (secondary N) is 1. The Labute approximate surface area is 141 Å². The molecule has 1 aromatic rings. The Morgan fingerprint density at radius 2 is 2.17 bits per heavy atom. The van der Waals surface area contributed by atoms with Gasteiger partial charge in [-0.15, -0.1) is 5.10 Å². The van der Waals surface area contributed by atoms with Gasteiger partial charge in [0.15, 0.2) is 5.17 Å². The number of benzene rings is 1. The number of amides is 1. The minimum absolute atomic E-state index is 0.0391. The van der Waals surface area contributed by atoms with Crippen LogP contribution in [0.1, 0.15) is 5.56 Å². The highest BCUT2D eigenvalue weighted by Crippen LogP contribution is 2.24. The van der Waals surface area contributed by atoms with E-state index >= 15 is 0 Å². The molecule has 120 valence electrons. The number of carbonyl (C=O) groups is 2. The van der Waals surface area contributed by atoms with Crippen molar-refractivity contribution >= 4 is 51.0 Å². The van der Waals surface area contributed by atoms with Crippen molar-refractivity contribution in [2.75, 3.05) is 7.11 Å². The predicted molar refractivity (Wildman–Crippen MR) is 84.9 cm³/mol. The Hall–Kier alpha value is -2.07. The molecule has 1 aliphatic heterocycles. The molecule has 2 rings (SSSR count). The molecule has 1 amide bonds. The maximum atomic E-state index is 13.3. The summed E-state index contributed by atoms with van der Waals surface area (Å²) in [6.07, 6.45) is 2.14. The fourth-order valence-electron chi connectivity index (χ4n) is 1.45. The van der Waals surface area contributed by atoms with Gasteiger partial charge in [-0.3, -0.25) is 10.1 Å². The number of rotatable bonds is 3. The van der Waals surface area contributed by atoms with Gasteiger partial charge in [0, 0.05) is 17.7 Å². The molecule has 1 heterocycles. The molecular formula is C13H8BrF2N3O3S. The predicted octanol–water partition coefficient (Wildman–Crippen LogP) is 2.34. The highest BCUT2D eigenvalue weighted by molar-refractivity contribution is 9.10. The van der Waals surface area contributed by atoms with Gasteiger partial charge in [0.2, 0.25) is 0 Å². The molecule has 0 aromatic heterocycles. The van der Waals surface area contributed by atoms with Crippen LogP contribution in [-0.4, -0.2) is 30.4 Å². The van der Waals surface area contributed by atoms with Crippen LogP contribution in [-0.2, 0) is 14.3 Å². The van der Waals surface area contributed by atoms with E-state index in [1.165, 1.54) is 7.11 Å². The van der Waals surface area contributed by atoms with Crippen LogP contribution in [0.3, 0.4) is 0 Å². The van der Waals surface area contributed by atoms with E-state index in [1.54, 1.807) is 0 Å². The van der Waals surface area contributed by atoms with Crippen LogP contribution in [0.4, 0.5) is 8.78 Å². The molecule has 1 fully saturated rings. The van der Waals surface area contributed by atoms with E-state index < -0.39 is 23.5 Å². The second kappa shape index (κ2) is 7.47. The van der Waals surface area contributed by atoms with Crippen molar-refractivity contribution in [3.63, 3.8) is 0 Å². The Morgan fingerprint density at radius 3 is 2.87 bits per heavy atom. The molecule has 10 heteroatoms. The summed E-state index contributed by atoms with van der Waals surface area (Å²) in [6, 6.07) is 1.80. The zero-order chi connectivity index (χ0) is 17.0. The summed E-state index contributed by atoms with van der Waals surface area (Å²) in [5.41, 5.74) is 0.145. The lowest BCUT2D eigenvalue weighted by molar-refractivity contribution is -0.135. The monoisotopic (exact) mass is 403 g/mol. The van der Waals surface area contributed by atoms with Crippen molar-refractivity contribution in [2.24, 2.45) is 10.2 Å². The molecule has 1 aromatic carbocycles. The van der Waals surface area contributed by atoms with Crippen molar-refractivity contribution in [3.8, 4) is 0 Å². The van der Waals surface area contributed by atoms with E-state index in [0.29, 0.717) is 0 Å². The van der Waals surface area contributed by atoms with E-state index in [2.05, 4.69) is 36.2 Å². The van der Waals surface area contributed by atoms with Gasteiger partial charge >= 0.3 is 5.97 Å². The molecule has 0 unspecified atom stereocenters. The molecule has 0 spiro atoms. The molecule has 1 saturated heterocycles. The van der Waals surface area contributed by atoms with Gasteiger partial charge in [0.05, 0.1) is 22.7 Å². The van der Waals surface area contributed by atoms with Crippen molar-refractivity contribution in [1.29, 1.82) is 0 Å². The summed E-state index contributed by atoms with van der Waals surface area (Å²) in [7, 11) is 1.19. The Bertz CT molecular complexity index is 765. The number of nitrogens with zero attached hydrogens (tertiary/aromatic N) is 2. The van der Waals surface area contributed by atoms with Crippen molar-refractivity contribution in [1.82, 2.24) is 5.32 Å². The number of methoxy groups -OCH3 is 1. The van der Waals surface area contributed by atoms with E-state index in [4.69, 9.17) is 0 Å². The first kappa shape index (κ1) is 17.3. The van der Waals surface area contributed by atoms with Crippen LogP contribution in [0.5, 0.6) is 0 Å². The number of hydrogen-bond donors (Lipinski definition) is 1. The lowest BCUT2D eigenvalue weighted by Gasteiger charge is -1.99. The molecule has 0 aliphatic carbocycles. The van der Waals surface area contributed by atoms with Crippen LogP contribution < -0.4 is 5.32 Å². The number of amidine groups is 1. The standard InChI is InChI=1S/C13H8BrF2N3O3S/c1-22-10(20)4-9-12(21)18-13(23-9)19-17-5-6-2-7(15)3-8(16)11(6)14/h2-5H,1H3,(H,18,19,21)/b9-4+,17-5?. The highest BCUT2D eigenvalue weighted by atomic mass is 79.9. The van der Waals surface area contributed by atoms with E-state index in [0.717, 1.165) is 36.2 Å². The number of halogens is 3. The quantitative estimate of drug-likeness (QED) is 0.276. The first-order valence-corrected chi connectivity index (χ1v) is 7.56. The van der Waals surface area contributed by atoms with Gasteiger partial charge in [-0.25, -0.2) is 13.6 Å². The molecule has 0 radical (unpaired) electrons. The van der Waals surface area contributed by atoms with Crippen LogP contribution in [0, 0.1) is 11.6 Å². The Balaban J connectivity index is 2.14. The van der Waals surface area contributed by atoms with Crippen LogP contribution in [0.15, 0.2) is 37.8 Å². The van der Waals surface area contributed by atoms with Crippen LogP contribution in [0.2, 0.25) is 0 Å². The molecule has 0 saturated carbocycles. The molecule has 0 atom stereocenters. The van der Waals surface area contributed by atoms with Crippen LogP contribution in [0.25, 0.3) is 0 Å². The average Bonchev–Trinajstić information content (AvgIpc) is 2.84. The zero-order valence-electron chi connectivity index (χ0n) is 11.5. The molecule has 0 bridgehead atoms. The van der Waals surface area contributed by atoms with Crippen molar-refractivity contribution in [3.05, 3.63) is 44.8 Å². The average molecular weight is 404 g/mol. The van der Waals surface area contributed by atoms with Crippen molar-refractivity contribution in [2.45, 2.75) is 0 Å². The summed E-state index contributed by atoms with van der Waals surface area (Å²) < 4.78 is 30.9. The summed E-state index contributed by atoms with van der Waals surface area (Å²) >= 11 is 3.85. The van der Waals surface area contributed by atoms with Crippen LogP contribution >= 0.6 is 27.7 Å². The van der Waals surface area contributed by atoms with Crippen molar-refractivity contribution < 1.29 is 23.1 Å². The van der Waals surface area contributed by atoms with Gasteiger partial charge in [-0.05, 0) is 33.8 Å². The highest BCUT2D eigenvalue weighted by Gasteiger charge is 2.25. The SMILES string of the molecule is COC(=O)/C=C1/S/C(=N\N=Cc2cc(F)cc(F)c2Br)NC1=O. The molecule has 6 nitrogen and oxygen atoms in total. The van der Waals surface area contributed by atoms with Gasteiger partial charge in [0.1, 0.15) is 11.6 Å². The summed E-state index contributed by atoms with van der Waals surface area (Å²) in [4.78, 5) is 22.7. The second-order valence-corrected chi connectivity index (χ2v) is 5.85. The maximum Gasteiger partial charge on any atom is 0.331 e.